The first-order chi connectivity index (χ1) is 19.7. The van der Waals surface area contributed by atoms with E-state index in [1.165, 1.54) is 6.26 Å². The van der Waals surface area contributed by atoms with Gasteiger partial charge in [0, 0.05) is 25.5 Å². The average molecular weight is 534 g/mol. The molecule has 0 saturated carbocycles. The summed E-state index contributed by atoms with van der Waals surface area (Å²) in [7, 11) is 0. The molecule has 1 N–H and O–H groups in total. The van der Waals surface area contributed by atoms with Crippen molar-refractivity contribution in [2.24, 2.45) is 0 Å². The van der Waals surface area contributed by atoms with E-state index in [0.29, 0.717) is 30.4 Å². The van der Waals surface area contributed by atoms with Gasteiger partial charge in [-0.3, -0.25) is 14.6 Å². The molecular weight excluding hydrogens is 506 g/mol. The van der Waals surface area contributed by atoms with Crippen LogP contribution in [0, 0.1) is 0 Å². The number of nitrogens with one attached hydrogen (secondary N) is 1. The number of pyridine rings is 1. The lowest BCUT2D eigenvalue weighted by Crippen LogP contribution is -2.40. The molecule has 5 aromatic rings. The molecule has 0 radical (unpaired) electrons. The Morgan fingerprint density at radius 2 is 1.88 bits per heavy atom. The number of ether oxygens (including phenoxy) is 1. The summed E-state index contributed by atoms with van der Waals surface area (Å²) < 4.78 is 17.2. The van der Waals surface area contributed by atoms with Crippen LogP contribution in [0.5, 0.6) is 5.75 Å². The Labute approximate surface area is 231 Å². The molecule has 0 fully saturated rings. The lowest BCUT2D eigenvalue weighted by molar-refractivity contribution is 0.0661. The van der Waals surface area contributed by atoms with Crippen molar-refractivity contribution in [3.8, 4) is 5.75 Å². The summed E-state index contributed by atoms with van der Waals surface area (Å²) in [5.74, 6) is 1.24. The molecule has 6 rings (SSSR count). The Balaban J connectivity index is 1.18. The number of rotatable bonds is 8. The molecule has 200 valence electrons. The SMILES string of the molecule is O=C(NCc1cccnc1)c1ccc(COc2ccc3c(c2)C(c2ccccc2)N(C(=O)c2ccco2)CC3)o1. The Hall–Kier alpha value is -5.11. The molecule has 2 aromatic carbocycles. The van der Waals surface area contributed by atoms with Crippen molar-refractivity contribution < 1.29 is 23.2 Å². The van der Waals surface area contributed by atoms with Gasteiger partial charge in [0.05, 0.1) is 12.3 Å². The minimum atomic E-state index is -0.309. The first-order valence-corrected chi connectivity index (χ1v) is 13.1. The number of benzene rings is 2. The fraction of sp³-hybridized carbons (Fsp3) is 0.156. The maximum absolute atomic E-state index is 13.4. The standard InChI is InChI=1S/C32H27N3O5/c36-31(34-20-22-6-4-15-33-19-22)28-13-12-26(40-28)21-39-25-11-10-23-14-16-35(32(37)29-9-5-17-38-29)30(27(23)18-25)24-7-2-1-3-8-24/h1-13,15,17-19,30H,14,16,20-21H2,(H,34,36). The van der Waals surface area contributed by atoms with Gasteiger partial charge in [-0.05, 0) is 71.1 Å². The Kier molecular flexibility index (Phi) is 7.13. The minimum absolute atomic E-state index is 0.152. The van der Waals surface area contributed by atoms with Crippen LogP contribution in [0.25, 0.3) is 0 Å². The number of hydrogen-bond donors (Lipinski definition) is 1. The zero-order valence-electron chi connectivity index (χ0n) is 21.7. The van der Waals surface area contributed by atoms with Gasteiger partial charge in [0.25, 0.3) is 11.8 Å². The highest BCUT2D eigenvalue weighted by molar-refractivity contribution is 5.92. The molecule has 0 aliphatic carbocycles. The summed E-state index contributed by atoms with van der Waals surface area (Å²) in [5.41, 5.74) is 4.07. The van der Waals surface area contributed by atoms with E-state index < -0.39 is 0 Å². The fourth-order valence-electron chi connectivity index (χ4n) is 4.94. The third-order valence-corrected chi connectivity index (χ3v) is 6.90. The quantitative estimate of drug-likeness (QED) is 0.280. The molecule has 1 unspecified atom stereocenters. The molecule has 1 aliphatic heterocycles. The van der Waals surface area contributed by atoms with Crippen LogP contribution >= 0.6 is 0 Å². The zero-order chi connectivity index (χ0) is 27.3. The second kappa shape index (κ2) is 11.3. The topological polar surface area (TPSA) is 97.8 Å². The van der Waals surface area contributed by atoms with Crippen LogP contribution in [0.4, 0.5) is 0 Å². The van der Waals surface area contributed by atoms with Crippen LogP contribution in [-0.4, -0.2) is 28.2 Å². The second-order valence-electron chi connectivity index (χ2n) is 9.50. The van der Waals surface area contributed by atoms with Crippen molar-refractivity contribution in [2.75, 3.05) is 6.54 Å². The van der Waals surface area contributed by atoms with Crippen LogP contribution in [0.1, 0.15) is 55.2 Å². The van der Waals surface area contributed by atoms with E-state index in [0.717, 1.165) is 28.7 Å². The second-order valence-corrected chi connectivity index (χ2v) is 9.50. The smallest absolute Gasteiger partial charge is 0.290 e. The van der Waals surface area contributed by atoms with E-state index in [1.807, 2.05) is 59.5 Å². The maximum atomic E-state index is 13.4. The Morgan fingerprint density at radius 1 is 0.975 bits per heavy atom. The third kappa shape index (κ3) is 5.37. The van der Waals surface area contributed by atoms with Crippen LogP contribution in [-0.2, 0) is 19.6 Å². The average Bonchev–Trinajstić information content (AvgIpc) is 3.72. The highest BCUT2D eigenvalue weighted by Gasteiger charge is 2.34. The van der Waals surface area contributed by atoms with Crippen molar-refractivity contribution in [2.45, 2.75) is 25.6 Å². The number of carbonyl (C=O) groups is 2. The van der Waals surface area contributed by atoms with Gasteiger partial charge in [-0.1, -0.05) is 42.5 Å². The van der Waals surface area contributed by atoms with Crippen molar-refractivity contribution >= 4 is 11.8 Å². The van der Waals surface area contributed by atoms with Gasteiger partial charge in [-0.25, -0.2) is 0 Å². The molecular formula is C32H27N3O5. The van der Waals surface area contributed by atoms with Crippen molar-refractivity contribution in [1.29, 1.82) is 0 Å². The van der Waals surface area contributed by atoms with E-state index in [4.69, 9.17) is 13.6 Å². The number of carbonyl (C=O) groups excluding carboxylic acids is 2. The highest BCUT2D eigenvalue weighted by atomic mass is 16.5. The van der Waals surface area contributed by atoms with Gasteiger partial charge in [0.15, 0.2) is 11.5 Å². The lowest BCUT2D eigenvalue weighted by atomic mass is 9.87. The van der Waals surface area contributed by atoms with Gasteiger partial charge < -0.3 is 23.8 Å². The first kappa shape index (κ1) is 25.2. The fourth-order valence-corrected chi connectivity index (χ4v) is 4.94. The number of hydrogen-bond acceptors (Lipinski definition) is 6. The summed E-state index contributed by atoms with van der Waals surface area (Å²) in [6.07, 6.45) is 5.62. The van der Waals surface area contributed by atoms with Crippen molar-refractivity contribution in [3.05, 3.63) is 143 Å². The molecule has 0 spiro atoms. The number of aromatic nitrogens is 1. The summed E-state index contributed by atoms with van der Waals surface area (Å²) in [6.45, 7) is 1.08. The summed E-state index contributed by atoms with van der Waals surface area (Å²) in [4.78, 5) is 31.8. The van der Waals surface area contributed by atoms with E-state index in [-0.39, 0.29) is 30.2 Å². The normalized spacial score (nSPS) is 14.4. The van der Waals surface area contributed by atoms with Gasteiger partial charge >= 0.3 is 0 Å². The summed E-state index contributed by atoms with van der Waals surface area (Å²) in [5, 5.41) is 2.83. The monoisotopic (exact) mass is 533 g/mol. The van der Waals surface area contributed by atoms with Gasteiger partial charge in [0.1, 0.15) is 18.1 Å². The molecule has 1 atom stereocenters. The summed E-state index contributed by atoms with van der Waals surface area (Å²) in [6, 6.07) is 26.1. The van der Waals surface area contributed by atoms with Gasteiger partial charge in [-0.15, -0.1) is 0 Å². The van der Waals surface area contributed by atoms with Crippen LogP contribution in [0.3, 0.4) is 0 Å². The minimum Gasteiger partial charge on any atom is -0.486 e. The largest absolute Gasteiger partial charge is 0.486 e. The molecule has 8 nitrogen and oxygen atoms in total. The summed E-state index contributed by atoms with van der Waals surface area (Å²) >= 11 is 0. The van der Waals surface area contributed by atoms with Gasteiger partial charge in [-0.2, -0.15) is 0 Å². The molecule has 2 amide bonds. The van der Waals surface area contributed by atoms with E-state index in [1.54, 1.807) is 36.7 Å². The molecule has 0 saturated heterocycles. The van der Waals surface area contributed by atoms with E-state index in [2.05, 4.69) is 16.4 Å². The molecule has 4 heterocycles. The number of nitrogens with zero attached hydrogens (tertiary/aromatic N) is 2. The molecule has 1 aliphatic rings. The van der Waals surface area contributed by atoms with Gasteiger partial charge in [0.2, 0.25) is 0 Å². The van der Waals surface area contributed by atoms with E-state index in [9.17, 15) is 9.59 Å². The highest BCUT2D eigenvalue weighted by Crippen LogP contribution is 2.38. The molecule has 0 bridgehead atoms. The van der Waals surface area contributed by atoms with Crippen molar-refractivity contribution in [3.63, 3.8) is 0 Å². The predicted molar refractivity (Wildman–Crippen MR) is 147 cm³/mol. The molecule has 8 heteroatoms. The molecule has 40 heavy (non-hydrogen) atoms. The Bertz CT molecular complexity index is 1600. The lowest BCUT2D eigenvalue weighted by Gasteiger charge is -2.37. The number of amides is 2. The first-order valence-electron chi connectivity index (χ1n) is 13.1. The van der Waals surface area contributed by atoms with Crippen LogP contribution in [0.15, 0.2) is 112 Å². The number of fused-ring (bicyclic) bond motifs is 1. The van der Waals surface area contributed by atoms with Crippen LogP contribution < -0.4 is 10.1 Å². The van der Waals surface area contributed by atoms with Crippen LogP contribution in [0.2, 0.25) is 0 Å². The van der Waals surface area contributed by atoms with E-state index >= 15 is 0 Å². The predicted octanol–water partition coefficient (Wildman–Crippen LogP) is 5.56. The third-order valence-electron chi connectivity index (χ3n) is 6.90. The maximum Gasteiger partial charge on any atom is 0.290 e. The zero-order valence-corrected chi connectivity index (χ0v) is 21.7. The number of furan rings is 2. The molecule has 3 aromatic heterocycles. The van der Waals surface area contributed by atoms with Crippen molar-refractivity contribution in [1.82, 2.24) is 15.2 Å². The Morgan fingerprint density at radius 3 is 2.67 bits per heavy atom.